The SMILES string of the molecule is Cl.O=C(c1ccc(S(=O)(=O)c2ccc3cc(Br)ccc3c2)cc1)C1CCNCC1. The number of hydrogen-bond donors (Lipinski definition) is 1. The number of carbonyl (C=O) groups is 1. The molecule has 0 saturated carbocycles. The number of Topliss-reactive ketones (excluding diaryl/α,β-unsaturated/α-hetero) is 1. The van der Waals surface area contributed by atoms with Gasteiger partial charge in [0.05, 0.1) is 9.79 Å². The van der Waals surface area contributed by atoms with Crippen molar-refractivity contribution in [2.45, 2.75) is 22.6 Å². The minimum atomic E-state index is -3.64. The molecule has 152 valence electrons. The van der Waals surface area contributed by atoms with Crippen molar-refractivity contribution in [3.63, 3.8) is 0 Å². The van der Waals surface area contributed by atoms with Gasteiger partial charge in [-0.15, -0.1) is 12.4 Å². The van der Waals surface area contributed by atoms with Crippen LogP contribution >= 0.6 is 28.3 Å². The van der Waals surface area contributed by atoms with Crippen LogP contribution in [0, 0.1) is 5.92 Å². The number of ketones is 1. The molecule has 1 fully saturated rings. The van der Waals surface area contributed by atoms with E-state index in [4.69, 9.17) is 0 Å². The van der Waals surface area contributed by atoms with Crippen LogP contribution in [0.3, 0.4) is 0 Å². The molecule has 0 amide bonds. The predicted molar refractivity (Wildman–Crippen MR) is 121 cm³/mol. The summed E-state index contributed by atoms with van der Waals surface area (Å²) in [5, 5.41) is 5.08. The minimum Gasteiger partial charge on any atom is -0.317 e. The van der Waals surface area contributed by atoms with E-state index in [9.17, 15) is 13.2 Å². The van der Waals surface area contributed by atoms with Gasteiger partial charge in [0.25, 0.3) is 0 Å². The van der Waals surface area contributed by atoms with Crippen molar-refractivity contribution in [3.05, 3.63) is 70.7 Å². The van der Waals surface area contributed by atoms with Gasteiger partial charge in [-0.05, 0) is 73.1 Å². The van der Waals surface area contributed by atoms with Crippen LogP contribution in [0.1, 0.15) is 23.2 Å². The molecule has 1 aliphatic heterocycles. The second kappa shape index (κ2) is 8.96. The molecule has 29 heavy (non-hydrogen) atoms. The number of fused-ring (bicyclic) bond motifs is 1. The van der Waals surface area contributed by atoms with E-state index in [0.29, 0.717) is 5.56 Å². The van der Waals surface area contributed by atoms with E-state index >= 15 is 0 Å². The third kappa shape index (κ3) is 4.56. The molecule has 3 aromatic rings. The molecule has 1 N–H and O–H groups in total. The predicted octanol–water partition coefficient (Wildman–Crippen LogP) is 5.04. The molecule has 0 radical (unpaired) electrons. The van der Waals surface area contributed by atoms with Crippen LogP contribution in [0.15, 0.2) is 74.9 Å². The van der Waals surface area contributed by atoms with Gasteiger partial charge in [0, 0.05) is 16.0 Å². The highest BCUT2D eigenvalue weighted by Gasteiger charge is 2.23. The third-order valence-electron chi connectivity index (χ3n) is 5.24. The first-order valence-electron chi connectivity index (χ1n) is 9.24. The number of halogens is 2. The standard InChI is InChI=1S/C22H20BrNO3S.ClH/c23-19-5-1-18-14-21(8-4-17(18)13-19)28(26,27)20-6-2-15(3-7-20)22(25)16-9-11-24-12-10-16;/h1-8,13-14,16,24H,9-12H2;1H. The van der Waals surface area contributed by atoms with Gasteiger partial charge in [0.2, 0.25) is 9.84 Å². The highest BCUT2D eigenvalue weighted by Crippen LogP contribution is 2.27. The Morgan fingerprint density at radius 1 is 0.862 bits per heavy atom. The molecular formula is C22H21BrClNO3S. The second-order valence-corrected chi connectivity index (χ2v) is 9.93. The fourth-order valence-corrected chi connectivity index (χ4v) is 5.29. The van der Waals surface area contributed by atoms with Gasteiger partial charge < -0.3 is 5.32 Å². The smallest absolute Gasteiger partial charge is 0.206 e. The van der Waals surface area contributed by atoms with Crippen LogP contribution in [0.4, 0.5) is 0 Å². The highest BCUT2D eigenvalue weighted by molar-refractivity contribution is 9.10. The van der Waals surface area contributed by atoms with Gasteiger partial charge in [-0.1, -0.05) is 40.2 Å². The zero-order valence-corrected chi connectivity index (χ0v) is 18.8. The van der Waals surface area contributed by atoms with Crippen LogP contribution < -0.4 is 5.32 Å². The van der Waals surface area contributed by atoms with Crippen LogP contribution in [0.25, 0.3) is 10.8 Å². The normalized spacial score (nSPS) is 15.1. The zero-order valence-electron chi connectivity index (χ0n) is 15.6. The molecule has 0 bridgehead atoms. The summed E-state index contributed by atoms with van der Waals surface area (Å²) in [6, 6.07) is 17.2. The van der Waals surface area contributed by atoms with Gasteiger partial charge in [0.1, 0.15) is 0 Å². The molecule has 1 heterocycles. The summed E-state index contributed by atoms with van der Waals surface area (Å²) in [5.41, 5.74) is 0.578. The monoisotopic (exact) mass is 493 g/mol. The van der Waals surface area contributed by atoms with Gasteiger partial charge >= 0.3 is 0 Å². The Kier molecular flexibility index (Phi) is 6.79. The molecule has 0 aliphatic carbocycles. The molecule has 7 heteroatoms. The summed E-state index contributed by atoms with van der Waals surface area (Å²) < 4.78 is 27.0. The van der Waals surface area contributed by atoms with E-state index in [1.165, 1.54) is 12.1 Å². The van der Waals surface area contributed by atoms with Gasteiger partial charge in [-0.25, -0.2) is 8.42 Å². The zero-order chi connectivity index (χ0) is 19.7. The molecule has 1 aliphatic rings. The number of nitrogens with one attached hydrogen (secondary N) is 1. The van der Waals surface area contributed by atoms with Crippen LogP contribution in [-0.4, -0.2) is 27.3 Å². The lowest BCUT2D eigenvalue weighted by atomic mass is 9.90. The van der Waals surface area contributed by atoms with Crippen molar-refractivity contribution in [2.75, 3.05) is 13.1 Å². The number of rotatable bonds is 4. The second-order valence-electron chi connectivity index (χ2n) is 7.07. The van der Waals surface area contributed by atoms with E-state index in [1.807, 2.05) is 24.3 Å². The fraction of sp³-hybridized carbons (Fsp3) is 0.227. The maximum atomic E-state index is 13.0. The Balaban J connectivity index is 0.00000240. The number of hydrogen-bond acceptors (Lipinski definition) is 4. The van der Waals surface area contributed by atoms with Crippen molar-refractivity contribution in [1.29, 1.82) is 0 Å². The summed E-state index contributed by atoms with van der Waals surface area (Å²) in [6.07, 6.45) is 1.65. The first-order valence-corrected chi connectivity index (χ1v) is 11.5. The van der Waals surface area contributed by atoms with Crippen LogP contribution in [-0.2, 0) is 9.84 Å². The topological polar surface area (TPSA) is 63.2 Å². The van der Waals surface area contributed by atoms with Crippen molar-refractivity contribution >= 4 is 54.7 Å². The Morgan fingerprint density at radius 2 is 1.45 bits per heavy atom. The molecule has 1 saturated heterocycles. The lowest BCUT2D eigenvalue weighted by Gasteiger charge is -2.21. The number of carbonyl (C=O) groups excluding carboxylic acids is 1. The molecule has 0 unspecified atom stereocenters. The van der Waals surface area contributed by atoms with Gasteiger partial charge in [0.15, 0.2) is 5.78 Å². The van der Waals surface area contributed by atoms with E-state index in [0.717, 1.165) is 41.2 Å². The Bertz CT molecular complexity index is 1140. The number of benzene rings is 3. The van der Waals surface area contributed by atoms with Crippen LogP contribution in [0.5, 0.6) is 0 Å². The van der Waals surface area contributed by atoms with Gasteiger partial charge in [-0.2, -0.15) is 0 Å². The quantitative estimate of drug-likeness (QED) is 0.516. The van der Waals surface area contributed by atoms with E-state index in [2.05, 4.69) is 21.2 Å². The highest BCUT2D eigenvalue weighted by atomic mass is 79.9. The fourth-order valence-electron chi connectivity index (χ4n) is 3.62. The molecule has 0 spiro atoms. The van der Waals surface area contributed by atoms with Crippen molar-refractivity contribution in [1.82, 2.24) is 5.32 Å². The third-order valence-corrected chi connectivity index (χ3v) is 7.50. The maximum absolute atomic E-state index is 13.0. The maximum Gasteiger partial charge on any atom is 0.206 e. The Labute approximate surface area is 185 Å². The van der Waals surface area contributed by atoms with E-state index in [-0.39, 0.29) is 33.9 Å². The summed E-state index contributed by atoms with van der Waals surface area (Å²) in [6.45, 7) is 1.70. The number of sulfone groups is 1. The molecular weight excluding hydrogens is 474 g/mol. The number of piperidine rings is 1. The van der Waals surface area contributed by atoms with Crippen LogP contribution in [0.2, 0.25) is 0 Å². The van der Waals surface area contributed by atoms with Crippen molar-refractivity contribution in [2.24, 2.45) is 5.92 Å². The average Bonchev–Trinajstić information content (AvgIpc) is 2.73. The first kappa shape index (κ1) is 22.0. The summed E-state index contributed by atoms with van der Waals surface area (Å²) in [4.78, 5) is 13.1. The largest absolute Gasteiger partial charge is 0.317 e. The average molecular weight is 495 g/mol. The van der Waals surface area contributed by atoms with Gasteiger partial charge in [-0.3, -0.25) is 4.79 Å². The Hall–Kier alpha value is -1.73. The summed E-state index contributed by atoms with van der Waals surface area (Å²) in [7, 11) is -3.64. The first-order chi connectivity index (χ1) is 13.4. The van der Waals surface area contributed by atoms with Crippen molar-refractivity contribution in [3.8, 4) is 0 Å². The Morgan fingerprint density at radius 3 is 2.14 bits per heavy atom. The molecule has 3 aromatic carbocycles. The summed E-state index contributed by atoms with van der Waals surface area (Å²) in [5.74, 6) is 0.116. The molecule has 0 aromatic heterocycles. The minimum absolute atomic E-state index is 0. The lowest BCUT2D eigenvalue weighted by Crippen LogP contribution is -2.31. The van der Waals surface area contributed by atoms with Crippen molar-refractivity contribution < 1.29 is 13.2 Å². The molecule has 4 nitrogen and oxygen atoms in total. The lowest BCUT2D eigenvalue weighted by molar-refractivity contribution is 0.0895. The molecule has 4 rings (SSSR count). The summed E-state index contributed by atoms with van der Waals surface area (Å²) >= 11 is 3.42. The van der Waals surface area contributed by atoms with E-state index in [1.54, 1.807) is 24.3 Å². The van der Waals surface area contributed by atoms with E-state index < -0.39 is 9.84 Å². The molecule has 0 atom stereocenters.